The van der Waals surface area contributed by atoms with Crippen LogP contribution in [0.25, 0.3) is 16.0 Å². The third-order valence-corrected chi connectivity index (χ3v) is 7.36. The van der Waals surface area contributed by atoms with E-state index in [4.69, 9.17) is 9.47 Å². The maximum absolute atomic E-state index is 13.5. The molecule has 3 aromatic carbocycles. The number of pyridine rings is 1. The maximum Gasteiger partial charge on any atom is 0.301 e. The third-order valence-electron chi connectivity index (χ3n) is 6.34. The monoisotopic (exact) mass is 535 g/mol. The average molecular weight is 536 g/mol. The summed E-state index contributed by atoms with van der Waals surface area (Å²) < 4.78 is 12.1. The Morgan fingerprint density at radius 1 is 0.897 bits per heavy atom. The van der Waals surface area contributed by atoms with Crippen molar-refractivity contribution in [2.75, 3.05) is 12.0 Å². The second-order valence-electron chi connectivity index (χ2n) is 8.72. The van der Waals surface area contributed by atoms with Crippen molar-refractivity contribution in [3.05, 3.63) is 114 Å². The molecule has 0 spiro atoms. The highest BCUT2D eigenvalue weighted by atomic mass is 32.1. The highest BCUT2D eigenvalue weighted by molar-refractivity contribution is 7.22. The van der Waals surface area contributed by atoms with E-state index in [9.17, 15) is 14.7 Å². The number of nitrogens with zero attached hydrogens (tertiary/aromatic N) is 3. The van der Waals surface area contributed by atoms with Gasteiger partial charge in [-0.05, 0) is 60.2 Å². The van der Waals surface area contributed by atoms with E-state index in [1.54, 1.807) is 55.6 Å². The van der Waals surface area contributed by atoms with Gasteiger partial charge < -0.3 is 14.6 Å². The van der Waals surface area contributed by atoms with Crippen LogP contribution >= 0.6 is 11.3 Å². The predicted octanol–water partition coefficient (Wildman–Crippen LogP) is 6.12. The van der Waals surface area contributed by atoms with Gasteiger partial charge in [-0.1, -0.05) is 41.7 Å². The van der Waals surface area contributed by atoms with Gasteiger partial charge in [0.15, 0.2) is 5.13 Å². The molecule has 0 radical (unpaired) electrons. The SMILES string of the molecule is COc1ccc2nc(N3C(=O)C(=O)/C(=C(/O)c4ccncc4)C3c3cccc(Oc4ccccc4)c3)sc2c1. The molecule has 8 nitrogen and oxygen atoms in total. The fraction of sp³-hybridized carbons (Fsp3) is 0.0667. The molecule has 1 aliphatic heterocycles. The number of carbonyl (C=O) groups is 2. The number of aliphatic hydroxyl groups is 1. The zero-order valence-corrected chi connectivity index (χ0v) is 21.5. The number of aliphatic hydroxyl groups excluding tert-OH is 1. The summed E-state index contributed by atoms with van der Waals surface area (Å²) in [5.74, 6) is -0.0699. The molecule has 9 heteroatoms. The second-order valence-corrected chi connectivity index (χ2v) is 9.73. The number of rotatable bonds is 6. The highest BCUT2D eigenvalue weighted by Crippen LogP contribution is 2.45. The van der Waals surface area contributed by atoms with Gasteiger partial charge in [0.1, 0.15) is 23.0 Å². The zero-order valence-electron chi connectivity index (χ0n) is 20.6. The summed E-state index contributed by atoms with van der Waals surface area (Å²) in [5, 5.41) is 11.6. The molecule has 6 rings (SSSR count). The molecule has 5 aromatic rings. The Kier molecular flexibility index (Phi) is 6.26. The minimum Gasteiger partial charge on any atom is -0.507 e. The first-order chi connectivity index (χ1) is 19.0. The first-order valence-electron chi connectivity index (χ1n) is 12.0. The predicted molar refractivity (Wildman–Crippen MR) is 148 cm³/mol. The molecule has 0 bridgehead atoms. The van der Waals surface area contributed by atoms with Crippen LogP contribution in [0, 0.1) is 0 Å². The molecule has 1 atom stereocenters. The minimum atomic E-state index is -0.944. The zero-order chi connectivity index (χ0) is 26.9. The minimum absolute atomic E-state index is 0.0418. The fourth-order valence-electron chi connectivity index (χ4n) is 4.51. The number of ketones is 1. The van der Waals surface area contributed by atoms with Gasteiger partial charge in [0.05, 0.1) is 28.9 Å². The van der Waals surface area contributed by atoms with E-state index in [-0.39, 0.29) is 11.3 Å². The molecule has 1 unspecified atom stereocenters. The molecular formula is C30H21N3O5S. The smallest absolute Gasteiger partial charge is 0.301 e. The van der Waals surface area contributed by atoms with Crippen LogP contribution in [0.3, 0.4) is 0 Å². The van der Waals surface area contributed by atoms with E-state index < -0.39 is 17.7 Å². The topological polar surface area (TPSA) is 102 Å². The number of fused-ring (bicyclic) bond motifs is 1. The van der Waals surface area contributed by atoms with Gasteiger partial charge in [-0.25, -0.2) is 4.98 Å². The highest BCUT2D eigenvalue weighted by Gasteiger charge is 2.48. The van der Waals surface area contributed by atoms with Crippen LogP contribution in [-0.4, -0.2) is 33.9 Å². The van der Waals surface area contributed by atoms with Crippen molar-refractivity contribution in [3.63, 3.8) is 0 Å². The van der Waals surface area contributed by atoms with Crippen LogP contribution in [-0.2, 0) is 9.59 Å². The normalized spacial score (nSPS) is 16.5. The molecule has 192 valence electrons. The largest absolute Gasteiger partial charge is 0.507 e. The van der Waals surface area contributed by atoms with Crippen LogP contribution in [0.5, 0.6) is 17.2 Å². The van der Waals surface area contributed by atoms with Crippen molar-refractivity contribution >= 4 is 44.1 Å². The molecule has 39 heavy (non-hydrogen) atoms. The number of methoxy groups -OCH3 is 1. The number of para-hydroxylation sites is 1. The van der Waals surface area contributed by atoms with Crippen molar-refractivity contribution in [2.45, 2.75) is 6.04 Å². The van der Waals surface area contributed by atoms with Crippen molar-refractivity contribution in [1.82, 2.24) is 9.97 Å². The lowest BCUT2D eigenvalue weighted by molar-refractivity contribution is -0.132. The van der Waals surface area contributed by atoms with Crippen LogP contribution in [0.2, 0.25) is 0 Å². The lowest BCUT2D eigenvalue weighted by Crippen LogP contribution is -2.29. The Balaban J connectivity index is 1.51. The van der Waals surface area contributed by atoms with E-state index in [2.05, 4.69) is 9.97 Å². The third kappa shape index (κ3) is 4.49. The Labute approximate surface area is 227 Å². The summed E-state index contributed by atoms with van der Waals surface area (Å²) in [6, 6.07) is 24.0. The Hall–Kier alpha value is -5.02. The first kappa shape index (κ1) is 24.3. The number of anilines is 1. The Morgan fingerprint density at radius 2 is 1.67 bits per heavy atom. The fourth-order valence-corrected chi connectivity index (χ4v) is 5.53. The average Bonchev–Trinajstić information content (AvgIpc) is 3.51. The maximum atomic E-state index is 13.5. The van der Waals surface area contributed by atoms with Crippen LogP contribution in [0.4, 0.5) is 5.13 Å². The molecule has 0 aliphatic carbocycles. The molecule has 1 aliphatic rings. The quantitative estimate of drug-likeness (QED) is 0.159. The number of hydrogen-bond donors (Lipinski definition) is 1. The summed E-state index contributed by atoms with van der Waals surface area (Å²) in [5.41, 5.74) is 1.57. The standard InChI is InChI=1S/C30H21N3O5S/c1-37-21-10-11-23-24(17-21)39-30(32-23)33-26(19-6-5-9-22(16-19)38-20-7-3-2-4-8-20)25(28(35)29(33)36)27(34)18-12-14-31-15-13-18/h2-17,26,34H,1H3/b27-25+. The number of amides is 1. The van der Waals surface area contributed by atoms with E-state index in [1.807, 2.05) is 36.4 Å². The molecule has 1 N–H and O–H groups in total. The van der Waals surface area contributed by atoms with Crippen LogP contribution < -0.4 is 14.4 Å². The number of carbonyl (C=O) groups excluding carboxylic acids is 2. The van der Waals surface area contributed by atoms with Gasteiger partial charge >= 0.3 is 5.91 Å². The van der Waals surface area contributed by atoms with Gasteiger partial charge in [0.25, 0.3) is 5.78 Å². The van der Waals surface area contributed by atoms with E-state index in [0.717, 1.165) is 4.70 Å². The van der Waals surface area contributed by atoms with E-state index in [1.165, 1.54) is 28.6 Å². The number of Topliss-reactive ketones (excluding diaryl/α,β-unsaturated/α-hetero) is 1. The van der Waals surface area contributed by atoms with Gasteiger partial charge in [0, 0.05) is 18.0 Å². The molecule has 1 fully saturated rings. The summed E-state index contributed by atoms with van der Waals surface area (Å²) >= 11 is 1.26. The first-order valence-corrected chi connectivity index (χ1v) is 12.8. The molecule has 0 saturated carbocycles. The van der Waals surface area contributed by atoms with Crippen LogP contribution in [0.15, 0.2) is 103 Å². The number of thiazole rings is 1. The summed E-state index contributed by atoms with van der Waals surface area (Å²) in [6.45, 7) is 0. The van der Waals surface area contributed by atoms with Gasteiger partial charge in [-0.2, -0.15) is 0 Å². The number of benzene rings is 3. The summed E-state index contributed by atoms with van der Waals surface area (Å²) in [7, 11) is 1.57. The number of hydrogen-bond acceptors (Lipinski definition) is 8. The molecule has 3 heterocycles. The lowest BCUT2D eigenvalue weighted by Gasteiger charge is -2.23. The van der Waals surface area contributed by atoms with Gasteiger partial charge in [-0.3, -0.25) is 19.5 Å². The van der Waals surface area contributed by atoms with E-state index >= 15 is 0 Å². The Bertz CT molecular complexity index is 1730. The molecule has 1 amide bonds. The second kappa shape index (κ2) is 10.0. The van der Waals surface area contributed by atoms with E-state index in [0.29, 0.717) is 39.0 Å². The molecular weight excluding hydrogens is 514 g/mol. The van der Waals surface area contributed by atoms with Crippen molar-refractivity contribution < 1.29 is 24.2 Å². The van der Waals surface area contributed by atoms with Crippen molar-refractivity contribution in [1.29, 1.82) is 0 Å². The summed E-state index contributed by atoms with van der Waals surface area (Å²) in [6.07, 6.45) is 3.02. The summed E-state index contributed by atoms with van der Waals surface area (Å²) in [4.78, 5) is 37.0. The van der Waals surface area contributed by atoms with Gasteiger partial charge in [-0.15, -0.1) is 0 Å². The molecule has 2 aromatic heterocycles. The number of ether oxygens (including phenoxy) is 2. The van der Waals surface area contributed by atoms with Crippen molar-refractivity contribution in [2.24, 2.45) is 0 Å². The van der Waals surface area contributed by atoms with Gasteiger partial charge in [0.2, 0.25) is 0 Å². The lowest BCUT2D eigenvalue weighted by atomic mass is 9.95. The van der Waals surface area contributed by atoms with Crippen molar-refractivity contribution in [3.8, 4) is 17.2 Å². The molecule has 1 saturated heterocycles. The van der Waals surface area contributed by atoms with Crippen LogP contribution in [0.1, 0.15) is 17.2 Å². The Morgan fingerprint density at radius 3 is 2.44 bits per heavy atom. The number of aromatic nitrogens is 2.